The van der Waals surface area contributed by atoms with Crippen molar-refractivity contribution in [2.75, 3.05) is 44.7 Å². The van der Waals surface area contributed by atoms with Gasteiger partial charge in [-0.15, -0.1) is 0 Å². The van der Waals surface area contributed by atoms with E-state index in [1.165, 1.54) is 17.2 Å². The highest BCUT2D eigenvalue weighted by Crippen LogP contribution is 2.51. The lowest BCUT2D eigenvalue weighted by Gasteiger charge is -2.44. The van der Waals surface area contributed by atoms with Gasteiger partial charge in [-0.25, -0.2) is 0 Å². The van der Waals surface area contributed by atoms with Crippen molar-refractivity contribution in [1.82, 2.24) is 19.8 Å². The minimum Gasteiger partial charge on any atom is -0.465 e. The summed E-state index contributed by atoms with van der Waals surface area (Å²) in [5.41, 5.74) is 3.12. The first-order valence-corrected chi connectivity index (χ1v) is 14.5. The van der Waals surface area contributed by atoms with E-state index in [-0.39, 0.29) is 18.4 Å². The summed E-state index contributed by atoms with van der Waals surface area (Å²) in [6.45, 7) is 9.02. The fourth-order valence-electron chi connectivity index (χ4n) is 7.08. The first kappa shape index (κ1) is 26.6. The summed E-state index contributed by atoms with van der Waals surface area (Å²) >= 11 is 0. The Balaban J connectivity index is 1.37. The van der Waals surface area contributed by atoms with Crippen molar-refractivity contribution in [1.29, 1.82) is 5.26 Å². The van der Waals surface area contributed by atoms with Crippen molar-refractivity contribution in [3.8, 4) is 18.0 Å². The molecule has 1 aromatic carbocycles. The largest absolute Gasteiger partial charge is 0.465 e. The molecule has 4 heterocycles. The van der Waals surface area contributed by atoms with Crippen molar-refractivity contribution in [2.45, 2.75) is 63.1 Å². The maximum absolute atomic E-state index is 12.4. The molecular formula is C31H38N6O3. The molecule has 1 spiro atoms. The zero-order valence-electron chi connectivity index (χ0n) is 23.5. The molecule has 0 N–H and O–H groups in total. The van der Waals surface area contributed by atoms with Crippen LogP contribution in [0, 0.1) is 17.2 Å². The average Bonchev–Trinajstić information content (AvgIpc) is 3.50. The molecule has 4 atom stereocenters. The topological polar surface area (TPSA) is 94.8 Å². The van der Waals surface area contributed by atoms with Crippen molar-refractivity contribution in [2.24, 2.45) is 5.92 Å². The monoisotopic (exact) mass is 542 g/mol. The second-order valence-electron chi connectivity index (χ2n) is 11.7. The number of amides is 1. The molecular weight excluding hydrogens is 504 g/mol. The Kier molecular flexibility index (Phi) is 7.13. The third-order valence-electron chi connectivity index (χ3n) is 9.39. The number of piperazine rings is 1. The normalized spacial score (nSPS) is 27.6. The summed E-state index contributed by atoms with van der Waals surface area (Å²) in [4.78, 5) is 28.5. The standard InChI is InChI=1S/C31H38N6O3/c1-4-27(38)36-16-17-37(23(19-36)12-14-32)28-25-11-13-31(21(2)18-22-8-5-6-10-26(22)31)40-29(25)34-30(33-28)39-20-24-9-7-15-35(24)3/h4-6,8,10,21,23-24H,1,7,9,11-13,15-20H2,2-3H3/t21?,23-,24-,31?/m0/s1. The molecule has 0 radical (unpaired) electrons. The number of likely N-dealkylation sites (N-methyl/N-ethyl adjacent to an activating group) is 1. The number of rotatable bonds is 6. The zero-order chi connectivity index (χ0) is 27.9. The van der Waals surface area contributed by atoms with E-state index >= 15 is 0 Å². The molecule has 210 valence electrons. The second-order valence-corrected chi connectivity index (χ2v) is 11.7. The van der Waals surface area contributed by atoms with Gasteiger partial charge < -0.3 is 24.2 Å². The maximum Gasteiger partial charge on any atom is 0.321 e. The van der Waals surface area contributed by atoms with E-state index in [0.717, 1.165) is 50.0 Å². The van der Waals surface area contributed by atoms with E-state index in [0.29, 0.717) is 50.1 Å². The van der Waals surface area contributed by atoms with E-state index in [1.54, 1.807) is 4.90 Å². The number of carbonyl (C=O) groups excluding carboxylic acids is 1. The predicted octanol–water partition coefficient (Wildman–Crippen LogP) is 3.48. The first-order valence-electron chi connectivity index (χ1n) is 14.5. The number of aromatic nitrogens is 2. The number of hydrogen-bond acceptors (Lipinski definition) is 8. The lowest BCUT2D eigenvalue weighted by atomic mass is 9.81. The second kappa shape index (κ2) is 10.7. The third-order valence-corrected chi connectivity index (χ3v) is 9.39. The summed E-state index contributed by atoms with van der Waals surface area (Å²) < 4.78 is 13.2. The van der Waals surface area contributed by atoms with E-state index in [2.05, 4.69) is 60.7 Å². The van der Waals surface area contributed by atoms with Crippen LogP contribution in [-0.4, -0.2) is 77.6 Å². The van der Waals surface area contributed by atoms with Gasteiger partial charge in [0.05, 0.1) is 24.1 Å². The van der Waals surface area contributed by atoms with Crippen LogP contribution in [0.4, 0.5) is 5.82 Å². The van der Waals surface area contributed by atoms with Gasteiger partial charge in [0.15, 0.2) is 0 Å². The smallest absolute Gasteiger partial charge is 0.321 e. The summed E-state index contributed by atoms with van der Waals surface area (Å²) in [6, 6.07) is 11.3. The van der Waals surface area contributed by atoms with Gasteiger partial charge in [0.1, 0.15) is 18.0 Å². The van der Waals surface area contributed by atoms with E-state index in [1.807, 2.05) is 0 Å². The Morgan fingerprint density at radius 2 is 2.12 bits per heavy atom. The Bertz CT molecular complexity index is 1340. The van der Waals surface area contributed by atoms with Gasteiger partial charge in [0.25, 0.3) is 0 Å². The van der Waals surface area contributed by atoms with Gasteiger partial charge in [-0.2, -0.15) is 15.2 Å². The van der Waals surface area contributed by atoms with Crippen LogP contribution < -0.4 is 14.4 Å². The van der Waals surface area contributed by atoms with Crippen molar-refractivity contribution < 1.29 is 14.3 Å². The van der Waals surface area contributed by atoms with Gasteiger partial charge in [-0.1, -0.05) is 37.8 Å². The Labute approximate surface area is 236 Å². The molecule has 9 nitrogen and oxygen atoms in total. The van der Waals surface area contributed by atoms with Crippen molar-refractivity contribution in [3.63, 3.8) is 0 Å². The minimum absolute atomic E-state index is 0.115. The summed E-state index contributed by atoms with van der Waals surface area (Å²) in [7, 11) is 2.13. The number of nitriles is 1. The van der Waals surface area contributed by atoms with Gasteiger partial charge in [-0.05, 0) is 62.9 Å². The molecule has 0 bridgehead atoms. The Hall–Kier alpha value is -3.64. The van der Waals surface area contributed by atoms with Gasteiger partial charge in [-0.3, -0.25) is 4.79 Å². The molecule has 6 rings (SSSR count). The molecule has 9 heteroatoms. The van der Waals surface area contributed by atoms with Crippen molar-refractivity contribution >= 4 is 11.7 Å². The number of nitrogens with zero attached hydrogens (tertiary/aromatic N) is 6. The van der Waals surface area contributed by atoms with Gasteiger partial charge in [0, 0.05) is 31.6 Å². The molecule has 2 fully saturated rings. The highest BCUT2D eigenvalue weighted by atomic mass is 16.5. The van der Waals surface area contributed by atoms with Crippen LogP contribution in [0.1, 0.15) is 49.3 Å². The molecule has 1 amide bonds. The number of ether oxygens (including phenoxy) is 2. The quantitative estimate of drug-likeness (QED) is 0.512. The van der Waals surface area contributed by atoms with Crippen LogP contribution in [0.3, 0.4) is 0 Å². The van der Waals surface area contributed by atoms with E-state index < -0.39 is 5.60 Å². The fraction of sp³-hybridized carbons (Fsp3) is 0.548. The number of benzene rings is 1. The lowest BCUT2D eigenvalue weighted by molar-refractivity contribution is -0.126. The highest BCUT2D eigenvalue weighted by molar-refractivity contribution is 5.87. The third kappa shape index (κ3) is 4.58. The molecule has 2 unspecified atom stereocenters. The number of carbonyl (C=O) groups is 1. The van der Waals surface area contributed by atoms with Crippen LogP contribution in [0.2, 0.25) is 0 Å². The molecule has 1 aromatic heterocycles. The summed E-state index contributed by atoms with van der Waals surface area (Å²) in [5, 5.41) is 9.66. The molecule has 2 saturated heterocycles. The summed E-state index contributed by atoms with van der Waals surface area (Å²) in [5.74, 6) is 1.54. The molecule has 2 aromatic rings. The van der Waals surface area contributed by atoms with Gasteiger partial charge >= 0.3 is 6.01 Å². The van der Waals surface area contributed by atoms with E-state index in [9.17, 15) is 10.1 Å². The summed E-state index contributed by atoms with van der Waals surface area (Å²) in [6.07, 6.45) is 6.44. The van der Waals surface area contributed by atoms with Crippen molar-refractivity contribution in [3.05, 3.63) is 53.6 Å². The predicted molar refractivity (Wildman–Crippen MR) is 151 cm³/mol. The van der Waals surface area contributed by atoms with Crippen LogP contribution >= 0.6 is 0 Å². The number of fused-ring (bicyclic) bond motifs is 3. The maximum atomic E-state index is 12.4. The van der Waals surface area contributed by atoms with Crippen LogP contribution in [0.5, 0.6) is 11.9 Å². The Morgan fingerprint density at radius 3 is 2.90 bits per heavy atom. The van der Waals surface area contributed by atoms with E-state index in [4.69, 9.17) is 19.4 Å². The first-order chi connectivity index (χ1) is 19.4. The van der Waals surface area contributed by atoms with Crippen LogP contribution in [0.25, 0.3) is 0 Å². The van der Waals surface area contributed by atoms with Crippen LogP contribution in [-0.2, 0) is 23.2 Å². The number of likely N-dealkylation sites (tertiary alicyclic amines) is 1. The average molecular weight is 543 g/mol. The molecule has 40 heavy (non-hydrogen) atoms. The Morgan fingerprint density at radius 1 is 1.27 bits per heavy atom. The fourth-order valence-corrected chi connectivity index (χ4v) is 7.08. The van der Waals surface area contributed by atoms with Gasteiger partial charge in [0.2, 0.25) is 11.8 Å². The molecule has 4 aliphatic rings. The molecule has 3 aliphatic heterocycles. The zero-order valence-corrected chi connectivity index (χ0v) is 23.5. The molecule has 1 aliphatic carbocycles. The number of anilines is 1. The van der Waals surface area contributed by atoms with Crippen LogP contribution in [0.15, 0.2) is 36.9 Å². The molecule has 0 saturated carbocycles. The SMILES string of the molecule is C=CC(=O)N1CCN(c2nc(OC[C@@H]3CCCN3C)nc3c2CCC2(O3)c3ccccc3CC2C)[C@@H](CC#N)C1. The highest BCUT2D eigenvalue weighted by Gasteiger charge is 2.50. The lowest BCUT2D eigenvalue weighted by Crippen LogP contribution is -2.55. The number of hydrogen-bond donors (Lipinski definition) is 0. The minimum atomic E-state index is -0.431.